The summed E-state index contributed by atoms with van der Waals surface area (Å²) in [4.78, 5) is 14.4. The minimum absolute atomic E-state index is 0.303. The first-order chi connectivity index (χ1) is 8.84. The molecule has 0 radical (unpaired) electrons. The third-order valence-corrected chi connectivity index (χ3v) is 2.68. The van der Waals surface area contributed by atoms with Gasteiger partial charge in [0.1, 0.15) is 0 Å². The van der Waals surface area contributed by atoms with Crippen LogP contribution in [-0.4, -0.2) is 51.0 Å². The molecule has 3 rings (SSSR count). The highest BCUT2D eigenvalue weighted by Crippen LogP contribution is 2.15. The first-order valence-electron chi connectivity index (χ1n) is 5.66. The van der Waals surface area contributed by atoms with Crippen LogP contribution in [-0.2, 0) is 4.74 Å². The van der Waals surface area contributed by atoms with E-state index in [1.165, 1.54) is 4.68 Å². The summed E-state index contributed by atoms with van der Waals surface area (Å²) in [6.07, 6.45) is 4.78. The maximum Gasteiger partial charge on any atom is 0.247 e. The van der Waals surface area contributed by atoms with Crippen molar-refractivity contribution in [1.29, 1.82) is 0 Å². The van der Waals surface area contributed by atoms with Crippen molar-refractivity contribution in [3.8, 4) is 5.82 Å². The molecule has 1 aliphatic heterocycles. The number of ether oxygens (including phenoxy) is 1. The van der Waals surface area contributed by atoms with Crippen molar-refractivity contribution < 1.29 is 4.74 Å². The fraction of sp³-hybridized carbons (Fsp3) is 0.400. The van der Waals surface area contributed by atoms with Gasteiger partial charge in [-0.25, -0.2) is 4.98 Å². The molecule has 0 spiro atoms. The molecule has 1 saturated heterocycles. The van der Waals surface area contributed by atoms with E-state index in [0.29, 0.717) is 30.9 Å². The number of rotatable bonds is 2. The molecule has 0 bridgehead atoms. The van der Waals surface area contributed by atoms with Crippen LogP contribution < -0.4 is 10.6 Å². The summed E-state index contributed by atoms with van der Waals surface area (Å²) in [6.45, 7) is 2.90. The number of aromatic nitrogens is 5. The Hall–Kier alpha value is -2.22. The van der Waals surface area contributed by atoms with E-state index < -0.39 is 0 Å². The SMILES string of the molecule is Nc1nc(N2CCOCC2)nn1-c1cnccn1. The zero-order valence-corrected chi connectivity index (χ0v) is 9.73. The minimum atomic E-state index is 0.303. The molecule has 18 heavy (non-hydrogen) atoms. The summed E-state index contributed by atoms with van der Waals surface area (Å²) in [6, 6.07) is 0. The molecule has 0 amide bonds. The van der Waals surface area contributed by atoms with Crippen molar-refractivity contribution in [3.63, 3.8) is 0 Å². The highest BCUT2D eigenvalue weighted by Gasteiger charge is 2.18. The second kappa shape index (κ2) is 4.57. The highest BCUT2D eigenvalue weighted by molar-refractivity contribution is 5.39. The summed E-state index contributed by atoms with van der Waals surface area (Å²) >= 11 is 0. The largest absolute Gasteiger partial charge is 0.378 e. The van der Waals surface area contributed by atoms with Crippen LogP contribution >= 0.6 is 0 Å². The molecule has 0 aliphatic carbocycles. The zero-order valence-electron chi connectivity index (χ0n) is 9.73. The number of hydrogen-bond donors (Lipinski definition) is 1. The van der Waals surface area contributed by atoms with Crippen molar-refractivity contribution in [2.24, 2.45) is 0 Å². The Balaban J connectivity index is 1.91. The summed E-state index contributed by atoms with van der Waals surface area (Å²) in [7, 11) is 0. The van der Waals surface area contributed by atoms with Crippen molar-refractivity contribution >= 4 is 11.9 Å². The average Bonchev–Trinajstić information content (AvgIpc) is 2.83. The predicted molar refractivity (Wildman–Crippen MR) is 64.4 cm³/mol. The van der Waals surface area contributed by atoms with Gasteiger partial charge in [-0.2, -0.15) is 9.67 Å². The Morgan fingerprint density at radius 2 is 2.06 bits per heavy atom. The number of hydrogen-bond acceptors (Lipinski definition) is 7. The molecule has 0 saturated carbocycles. The molecule has 2 aromatic heterocycles. The first kappa shape index (κ1) is 10.9. The topological polar surface area (TPSA) is 95.0 Å². The van der Waals surface area contributed by atoms with Crippen LogP contribution in [0.4, 0.5) is 11.9 Å². The van der Waals surface area contributed by atoms with Gasteiger partial charge >= 0.3 is 0 Å². The molecule has 2 N–H and O–H groups in total. The third kappa shape index (κ3) is 1.97. The quantitative estimate of drug-likeness (QED) is 0.762. The molecule has 1 aliphatic rings. The molecule has 1 fully saturated rings. The molecule has 3 heterocycles. The number of nitrogen functional groups attached to an aromatic ring is 1. The van der Waals surface area contributed by atoms with Crippen LogP contribution in [0.2, 0.25) is 0 Å². The maximum absolute atomic E-state index is 5.84. The summed E-state index contributed by atoms with van der Waals surface area (Å²) in [5.41, 5.74) is 5.84. The monoisotopic (exact) mass is 247 g/mol. The number of anilines is 2. The van der Waals surface area contributed by atoms with Gasteiger partial charge in [-0.15, -0.1) is 5.10 Å². The lowest BCUT2D eigenvalue weighted by Gasteiger charge is -2.25. The maximum atomic E-state index is 5.84. The average molecular weight is 247 g/mol. The van der Waals surface area contributed by atoms with Gasteiger partial charge < -0.3 is 15.4 Å². The number of nitrogens with two attached hydrogens (primary N) is 1. The van der Waals surface area contributed by atoms with Gasteiger partial charge in [-0.05, 0) is 0 Å². The van der Waals surface area contributed by atoms with Crippen LogP contribution in [0.1, 0.15) is 0 Å². The van der Waals surface area contributed by atoms with Gasteiger partial charge in [0, 0.05) is 25.5 Å². The van der Waals surface area contributed by atoms with Crippen molar-refractivity contribution in [2.75, 3.05) is 36.9 Å². The summed E-state index contributed by atoms with van der Waals surface area (Å²) in [5.74, 6) is 1.46. The van der Waals surface area contributed by atoms with E-state index in [9.17, 15) is 0 Å². The van der Waals surface area contributed by atoms with Crippen LogP contribution in [0, 0.1) is 0 Å². The van der Waals surface area contributed by atoms with E-state index in [2.05, 4.69) is 20.1 Å². The van der Waals surface area contributed by atoms with Gasteiger partial charge in [0.2, 0.25) is 11.9 Å². The minimum Gasteiger partial charge on any atom is -0.378 e. The Labute approximate surface area is 103 Å². The van der Waals surface area contributed by atoms with Crippen molar-refractivity contribution in [2.45, 2.75) is 0 Å². The van der Waals surface area contributed by atoms with Crippen LogP contribution in [0.3, 0.4) is 0 Å². The van der Waals surface area contributed by atoms with E-state index in [1.807, 2.05) is 4.90 Å². The molecule has 94 valence electrons. The molecule has 0 unspecified atom stereocenters. The summed E-state index contributed by atoms with van der Waals surface area (Å²) in [5, 5.41) is 4.35. The predicted octanol–water partition coefficient (Wildman–Crippen LogP) is -0.524. The second-order valence-corrected chi connectivity index (χ2v) is 3.84. The molecular weight excluding hydrogens is 234 g/mol. The van der Waals surface area contributed by atoms with Crippen molar-refractivity contribution in [3.05, 3.63) is 18.6 Å². The van der Waals surface area contributed by atoms with Gasteiger partial charge in [0.05, 0.1) is 19.4 Å². The lowest BCUT2D eigenvalue weighted by atomic mass is 10.4. The third-order valence-electron chi connectivity index (χ3n) is 2.68. The first-order valence-corrected chi connectivity index (χ1v) is 5.66. The highest BCUT2D eigenvalue weighted by atomic mass is 16.5. The van der Waals surface area contributed by atoms with E-state index in [4.69, 9.17) is 10.5 Å². The van der Waals surface area contributed by atoms with Gasteiger partial charge in [-0.1, -0.05) is 0 Å². The molecule has 8 heteroatoms. The lowest BCUT2D eigenvalue weighted by Crippen LogP contribution is -2.37. The van der Waals surface area contributed by atoms with Crippen LogP contribution in [0.15, 0.2) is 18.6 Å². The Kier molecular flexibility index (Phi) is 2.77. The molecule has 2 aromatic rings. The standard InChI is InChI=1S/C10H13N7O/c11-9-14-10(16-3-5-18-6-4-16)15-17(9)8-7-12-1-2-13-8/h1-2,7H,3-6H2,(H2,11,14,15). The number of morpholine rings is 1. The smallest absolute Gasteiger partial charge is 0.247 e. The van der Waals surface area contributed by atoms with Crippen molar-refractivity contribution in [1.82, 2.24) is 24.7 Å². The lowest BCUT2D eigenvalue weighted by molar-refractivity contribution is 0.122. The van der Waals surface area contributed by atoms with Gasteiger partial charge in [0.15, 0.2) is 5.82 Å². The normalized spacial score (nSPS) is 15.9. The molecular formula is C10H13N7O. The van der Waals surface area contributed by atoms with E-state index in [1.54, 1.807) is 18.6 Å². The van der Waals surface area contributed by atoms with E-state index >= 15 is 0 Å². The van der Waals surface area contributed by atoms with Gasteiger partial charge in [0.25, 0.3) is 0 Å². The Morgan fingerprint density at radius 1 is 1.22 bits per heavy atom. The van der Waals surface area contributed by atoms with E-state index in [0.717, 1.165) is 13.1 Å². The second-order valence-electron chi connectivity index (χ2n) is 3.84. The van der Waals surface area contributed by atoms with Crippen LogP contribution in [0.5, 0.6) is 0 Å². The van der Waals surface area contributed by atoms with Gasteiger partial charge in [-0.3, -0.25) is 4.98 Å². The Morgan fingerprint density at radius 3 is 2.78 bits per heavy atom. The van der Waals surface area contributed by atoms with Crippen LogP contribution in [0.25, 0.3) is 5.82 Å². The fourth-order valence-corrected chi connectivity index (χ4v) is 1.78. The number of nitrogens with zero attached hydrogens (tertiary/aromatic N) is 6. The van der Waals surface area contributed by atoms with E-state index in [-0.39, 0.29) is 0 Å². The summed E-state index contributed by atoms with van der Waals surface area (Å²) < 4.78 is 6.77. The molecule has 8 nitrogen and oxygen atoms in total. The molecule has 0 atom stereocenters. The zero-order chi connectivity index (χ0) is 12.4. The Bertz CT molecular complexity index is 520. The fourth-order valence-electron chi connectivity index (χ4n) is 1.78. The molecule has 0 aromatic carbocycles.